The third-order valence-corrected chi connectivity index (χ3v) is 1.62. The fourth-order valence-corrected chi connectivity index (χ4v) is 1.12. The van der Waals surface area contributed by atoms with Crippen LogP contribution in [0.25, 0.3) is 11.0 Å². The topological polar surface area (TPSA) is 30.7 Å². The third-order valence-electron chi connectivity index (χ3n) is 1.62. The Balaban J connectivity index is 0.000000442. The van der Waals surface area contributed by atoms with Crippen LogP contribution in [0.15, 0.2) is 18.3 Å². The summed E-state index contributed by atoms with van der Waals surface area (Å²) in [6.45, 7) is 9.98. The zero-order valence-corrected chi connectivity index (χ0v) is 10.6. The van der Waals surface area contributed by atoms with Gasteiger partial charge < -0.3 is 0 Å². The van der Waals surface area contributed by atoms with Crippen molar-refractivity contribution in [3.63, 3.8) is 0 Å². The second-order valence-electron chi connectivity index (χ2n) is 2.66. The van der Waals surface area contributed by atoms with E-state index in [1.807, 2.05) is 60.0 Å². The minimum atomic E-state index is 0.957. The van der Waals surface area contributed by atoms with Crippen molar-refractivity contribution < 1.29 is 0 Å². The summed E-state index contributed by atoms with van der Waals surface area (Å²) in [4.78, 5) is 4.31. The largest absolute Gasteiger partial charge is 0.273 e. The molecule has 15 heavy (non-hydrogen) atoms. The summed E-state index contributed by atoms with van der Waals surface area (Å²) in [5.74, 6) is 0. The predicted molar refractivity (Wildman–Crippen MR) is 65.9 cm³/mol. The second kappa shape index (κ2) is 6.98. The number of hydrogen-bond donors (Lipinski definition) is 0. The lowest BCUT2D eigenvalue weighted by Crippen LogP contribution is -1.84. The second-order valence-corrected chi connectivity index (χ2v) is 2.66. The molecule has 0 unspecified atom stereocenters. The highest BCUT2D eigenvalue weighted by Crippen LogP contribution is 2.08. The summed E-state index contributed by atoms with van der Waals surface area (Å²) in [6.07, 6.45) is 1.92. The Kier molecular flexibility index (Phi) is 6.34. The van der Waals surface area contributed by atoms with Gasteiger partial charge in [0.1, 0.15) is 11.0 Å². The number of aromatic nitrogens is 3. The molecule has 0 aliphatic rings. The zero-order chi connectivity index (χ0) is 11.8. The lowest BCUT2D eigenvalue weighted by molar-refractivity contribution is 0.779. The number of pyridine rings is 1. The quantitative estimate of drug-likeness (QED) is 0.663. The molecule has 0 N–H and O–H groups in total. The van der Waals surface area contributed by atoms with Gasteiger partial charge in [-0.05, 0) is 19.1 Å². The molecule has 84 valence electrons. The fraction of sp³-hybridized carbons (Fsp3) is 0.500. The molecule has 0 aliphatic carbocycles. The molecule has 2 heterocycles. The van der Waals surface area contributed by atoms with Gasteiger partial charge in [0.2, 0.25) is 0 Å². The average molecular weight is 207 g/mol. The van der Waals surface area contributed by atoms with E-state index in [2.05, 4.69) is 10.1 Å². The lowest BCUT2D eigenvalue weighted by Gasteiger charge is -1.87. The molecule has 0 aromatic carbocycles. The molecule has 0 aliphatic heterocycles. The van der Waals surface area contributed by atoms with Crippen LogP contribution in [-0.2, 0) is 7.05 Å². The van der Waals surface area contributed by atoms with Gasteiger partial charge in [-0.3, -0.25) is 4.68 Å². The average Bonchev–Trinajstić information content (AvgIpc) is 2.63. The van der Waals surface area contributed by atoms with Crippen molar-refractivity contribution in [2.24, 2.45) is 7.05 Å². The van der Waals surface area contributed by atoms with Crippen LogP contribution in [0.1, 0.15) is 33.4 Å². The fourth-order valence-electron chi connectivity index (χ4n) is 1.12. The molecule has 0 radical (unpaired) electrons. The molecule has 0 amide bonds. The Labute approximate surface area is 92.1 Å². The first-order valence-electron chi connectivity index (χ1n) is 5.53. The molecule has 3 nitrogen and oxygen atoms in total. The maximum absolute atomic E-state index is 4.31. The summed E-state index contributed by atoms with van der Waals surface area (Å²) in [5, 5.41) is 4.21. The Morgan fingerprint density at radius 2 is 1.60 bits per heavy atom. The molecule has 2 aromatic heterocycles. The van der Waals surface area contributed by atoms with Gasteiger partial charge in [-0.1, -0.05) is 27.7 Å². The van der Waals surface area contributed by atoms with Gasteiger partial charge in [0.05, 0.1) is 6.20 Å². The van der Waals surface area contributed by atoms with Crippen LogP contribution in [0.5, 0.6) is 0 Å². The molecule has 0 spiro atoms. The van der Waals surface area contributed by atoms with E-state index in [-0.39, 0.29) is 0 Å². The number of hydrogen-bond acceptors (Lipinski definition) is 2. The van der Waals surface area contributed by atoms with Crippen molar-refractivity contribution in [1.82, 2.24) is 14.8 Å². The Hall–Kier alpha value is -1.38. The molecule has 2 aromatic rings. The number of nitrogens with zero attached hydrogens (tertiary/aromatic N) is 3. The first-order chi connectivity index (χ1) is 7.25. The Bertz CT molecular complexity index is 391. The van der Waals surface area contributed by atoms with E-state index in [1.54, 1.807) is 4.68 Å². The van der Waals surface area contributed by atoms with Gasteiger partial charge in [0.25, 0.3) is 0 Å². The van der Waals surface area contributed by atoms with E-state index in [4.69, 9.17) is 0 Å². The van der Waals surface area contributed by atoms with Crippen LogP contribution in [0.3, 0.4) is 0 Å². The lowest BCUT2D eigenvalue weighted by atomic mass is 10.3. The molecule has 0 saturated carbocycles. The van der Waals surface area contributed by atoms with Crippen molar-refractivity contribution in [1.29, 1.82) is 0 Å². The van der Waals surface area contributed by atoms with Gasteiger partial charge in [-0.25, -0.2) is 4.98 Å². The normalized spacial score (nSPS) is 8.67. The van der Waals surface area contributed by atoms with Crippen molar-refractivity contribution in [2.45, 2.75) is 34.6 Å². The van der Waals surface area contributed by atoms with Crippen LogP contribution in [0.2, 0.25) is 0 Å². The molecular weight excluding hydrogens is 186 g/mol. The van der Waals surface area contributed by atoms with Crippen molar-refractivity contribution in [2.75, 3.05) is 0 Å². The van der Waals surface area contributed by atoms with Crippen molar-refractivity contribution in [3.8, 4) is 0 Å². The maximum Gasteiger partial charge on any atom is 0.111 e. The summed E-state index contributed by atoms with van der Waals surface area (Å²) in [6, 6.07) is 3.95. The molecule has 0 bridgehead atoms. The van der Waals surface area contributed by atoms with Gasteiger partial charge in [-0.2, -0.15) is 5.10 Å². The van der Waals surface area contributed by atoms with Gasteiger partial charge in [-0.15, -0.1) is 0 Å². The Morgan fingerprint density at radius 1 is 1.00 bits per heavy atom. The monoisotopic (exact) mass is 207 g/mol. The number of aryl methyl sites for hydroxylation is 2. The molecular formula is C12H21N3. The zero-order valence-electron chi connectivity index (χ0n) is 10.6. The van der Waals surface area contributed by atoms with Crippen LogP contribution >= 0.6 is 0 Å². The van der Waals surface area contributed by atoms with E-state index >= 15 is 0 Å². The summed E-state index contributed by atoms with van der Waals surface area (Å²) < 4.78 is 1.77. The summed E-state index contributed by atoms with van der Waals surface area (Å²) in [5.41, 5.74) is 2.95. The SMILES string of the molecule is CC.CC.Cc1ccc2nn(C)cc2n1. The minimum Gasteiger partial charge on any atom is -0.273 e. The smallest absolute Gasteiger partial charge is 0.111 e. The predicted octanol–water partition coefficient (Wildman–Crippen LogP) is 3.33. The van der Waals surface area contributed by atoms with Crippen LogP contribution in [-0.4, -0.2) is 14.8 Å². The van der Waals surface area contributed by atoms with E-state index < -0.39 is 0 Å². The van der Waals surface area contributed by atoms with Crippen LogP contribution < -0.4 is 0 Å². The molecule has 0 fully saturated rings. The van der Waals surface area contributed by atoms with Gasteiger partial charge >= 0.3 is 0 Å². The summed E-state index contributed by atoms with van der Waals surface area (Å²) in [7, 11) is 1.90. The van der Waals surface area contributed by atoms with E-state index in [1.165, 1.54) is 0 Å². The standard InChI is InChI=1S/C8H9N3.2C2H6/c1-6-3-4-7-8(9-6)5-11(2)10-7;2*1-2/h3-5H,1-2H3;2*1-2H3. The van der Waals surface area contributed by atoms with Gasteiger partial charge in [0, 0.05) is 12.7 Å². The molecule has 3 heteroatoms. The van der Waals surface area contributed by atoms with Crippen molar-refractivity contribution >= 4 is 11.0 Å². The highest BCUT2D eigenvalue weighted by molar-refractivity contribution is 5.73. The first-order valence-corrected chi connectivity index (χ1v) is 5.53. The number of fused-ring (bicyclic) bond motifs is 1. The summed E-state index contributed by atoms with van der Waals surface area (Å²) >= 11 is 0. The minimum absolute atomic E-state index is 0.957. The molecule has 2 rings (SSSR count). The highest BCUT2D eigenvalue weighted by Gasteiger charge is 1.97. The van der Waals surface area contributed by atoms with E-state index in [9.17, 15) is 0 Å². The highest BCUT2D eigenvalue weighted by atomic mass is 15.2. The molecule has 0 saturated heterocycles. The van der Waals surface area contributed by atoms with Crippen LogP contribution in [0, 0.1) is 6.92 Å². The van der Waals surface area contributed by atoms with E-state index in [0.29, 0.717) is 0 Å². The van der Waals surface area contributed by atoms with Crippen molar-refractivity contribution in [3.05, 3.63) is 24.0 Å². The van der Waals surface area contributed by atoms with Gasteiger partial charge in [0.15, 0.2) is 0 Å². The third kappa shape index (κ3) is 3.70. The number of rotatable bonds is 0. The Morgan fingerprint density at radius 3 is 2.20 bits per heavy atom. The van der Waals surface area contributed by atoms with Crippen LogP contribution in [0.4, 0.5) is 0 Å². The molecule has 0 atom stereocenters. The maximum atomic E-state index is 4.31. The first kappa shape index (κ1) is 13.6. The van der Waals surface area contributed by atoms with E-state index in [0.717, 1.165) is 16.7 Å².